The van der Waals surface area contributed by atoms with E-state index in [9.17, 15) is 17.2 Å². The van der Waals surface area contributed by atoms with Gasteiger partial charge in [0.2, 0.25) is 14.9 Å². The van der Waals surface area contributed by atoms with Crippen molar-refractivity contribution in [2.24, 2.45) is 0 Å². The first kappa shape index (κ1) is 19.2. The van der Waals surface area contributed by atoms with Crippen molar-refractivity contribution in [2.75, 3.05) is 7.05 Å². The van der Waals surface area contributed by atoms with Crippen molar-refractivity contribution in [1.29, 1.82) is 0 Å². The van der Waals surface area contributed by atoms with Crippen LogP contribution < -0.4 is 10.1 Å². The van der Waals surface area contributed by atoms with Crippen LogP contribution in [0.25, 0.3) is 0 Å². The van der Waals surface area contributed by atoms with Crippen LogP contribution in [0.3, 0.4) is 0 Å². The van der Waals surface area contributed by atoms with Crippen molar-refractivity contribution in [3.63, 3.8) is 0 Å². The van der Waals surface area contributed by atoms with E-state index in [-0.39, 0.29) is 11.6 Å². The Bertz CT molecular complexity index is 734. The molecular formula is C14H17Cl2F2N3O3S. The third-order valence-electron chi connectivity index (χ3n) is 4.18. The molecule has 1 aromatic carbocycles. The molecule has 11 heteroatoms. The van der Waals surface area contributed by atoms with E-state index in [0.29, 0.717) is 12.8 Å². The van der Waals surface area contributed by atoms with E-state index in [1.165, 1.54) is 19.2 Å². The average Bonchev–Trinajstić information content (AvgIpc) is 3.29. The van der Waals surface area contributed by atoms with Gasteiger partial charge in [0, 0.05) is 13.1 Å². The second kappa shape index (κ2) is 6.56. The predicted octanol–water partition coefficient (Wildman–Crippen LogP) is 2.11. The molecule has 140 valence electrons. The predicted molar refractivity (Wildman–Crippen MR) is 89.4 cm³/mol. The van der Waals surface area contributed by atoms with Crippen LogP contribution in [0.5, 0.6) is 0 Å². The summed E-state index contributed by atoms with van der Waals surface area (Å²) < 4.78 is 56.8. The molecule has 1 aromatic rings. The molecule has 0 radical (unpaired) electrons. The van der Waals surface area contributed by atoms with Crippen molar-refractivity contribution in [1.82, 2.24) is 15.2 Å². The van der Waals surface area contributed by atoms with Gasteiger partial charge in [-0.2, -0.15) is 8.78 Å². The Labute approximate surface area is 154 Å². The van der Waals surface area contributed by atoms with Gasteiger partial charge in [0.1, 0.15) is 0 Å². The van der Waals surface area contributed by atoms with Crippen LogP contribution in [0, 0.1) is 0 Å². The highest BCUT2D eigenvalue weighted by Crippen LogP contribution is 2.53. The van der Waals surface area contributed by atoms with Gasteiger partial charge in [0.15, 0.2) is 10.6 Å². The topological polar surface area (TPSA) is 70.7 Å². The maximum Gasteiger partial charge on any atom is 0.346 e. The second-order valence-corrected chi connectivity index (χ2v) is 9.28. The fraction of sp³-hybridized carbons (Fsp3) is 0.571. The van der Waals surface area contributed by atoms with Crippen molar-refractivity contribution >= 4 is 33.2 Å². The summed E-state index contributed by atoms with van der Waals surface area (Å²) in [5.41, 5.74) is 2.87. The molecule has 1 saturated heterocycles. The van der Waals surface area contributed by atoms with E-state index in [2.05, 4.69) is 14.9 Å². The summed E-state index contributed by atoms with van der Waals surface area (Å²) in [6, 6.07) is 7.70. The van der Waals surface area contributed by atoms with Crippen LogP contribution in [0.4, 0.5) is 8.78 Å². The van der Waals surface area contributed by atoms with E-state index in [1.54, 1.807) is 18.2 Å². The quantitative estimate of drug-likeness (QED) is 0.696. The first-order chi connectivity index (χ1) is 11.6. The van der Waals surface area contributed by atoms with Gasteiger partial charge < -0.3 is 0 Å². The lowest BCUT2D eigenvalue weighted by Crippen LogP contribution is -2.60. The maximum absolute atomic E-state index is 13.2. The fourth-order valence-electron chi connectivity index (χ4n) is 2.91. The molecule has 1 aliphatic heterocycles. The number of benzene rings is 1. The summed E-state index contributed by atoms with van der Waals surface area (Å²) in [4.78, 5) is -2.11. The van der Waals surface area contributed by atoms with Gasteiger partial charge in [0.05, 0.1) is 0 Å². The lowest BCUT2D eigenvalue weighted by atomic mass is 10.0. The molecule has 2 atom stereocenters. The third-order valence-corrected chi connectivity index (χ3v) is 7.44. The van der Waals surface area contributed by atoms with Gasteiger partial charge in [-0.05, 0) is 18.4 Å². The van der Waals surface area contributed by atoms with Crippen LogP contribution in [0.2, 0.25) is 0 Å². The number of hydrogen-bond donors (Lipinski definition) is 2. The Morgan fingerprint density at radius 2 is 1.92 bits per heavy atom. The highest BCUT2D eigenvalue weighted by Gasteiger charge is 2.71. The SMILES string of the molecule is CN1NC(c2ccccc2)(S(=O)(=O)NC2CC2)C(Cl)(Cl)C1OC(F)F. The summed E-state index contributed by atoms with van der Waals surface area (Å²) in [6.45, 7) is -3.18. The van der Waals surface area contributed by atoms with E-state index < -0.39 is 32.1 Å². The number of ether oxygens (including phenoxy) is 1. The van der Waals surface area contributed by atoms with Crippen LogP contribution >= 0.6 is 23.2 Å². The van der Waals surface area contributed by atoms with Gasteiger partial charge in [-0.25, -0.2) is 23.6 Å². The molecule has 1 aliphatic carbocycles. The Balaban J connectivity index is 2.15. The molecule has 25 heavy (non-hydrogen) atoms. The van der Waals surface area contributed by atoms with Crippen molar-refractivity contribution in [3.8, 4) is 0 Å². The molecule has 6 nitrogen and oxygen atoms in total. The van der Waals surface area contributed by atoms with E-state index in [4.69, 9.17) is 23.2 Å². The van der Waals surface area contributed by atoms with E-state index >= 15 is 0 Å². The lowest BCUT2D eigenvalue weighted by Gasteiger charge is -2.37. The molecule has 2 fully saturated rings. The number of nitrogens with zero attached hydrogens (tertiary/aromatic N) is 1. The number of sulfonamides is 1. The first-order valence-electron chi connectivity index (χ1n) is 7.51. The largest absolute Gasteiger partial charge is 0.346 e. The monoisotopic (exact) mass is 415 g/mol. The number of rotatable bonds is 6. The van der Waals surface area contributed by atoms with Gasteiger partial charge in [-0.3, -0.25) is 4.74 Å². The van der Waals surface area contributed by atoms with E-state index in [1.807, 2.05) is 0 Å². The van der Waals surface area contributed by atoms with Gasteiger partial charge in [-0.15, -0.1) is 0 Å². The van der Waals surface area contributed by atoms with Crippen LogP contribution in [0.15, 0.2) is 30.3 Å². The van der Waals surface area contributed by atoms with Crippen LogP contribution in [-0.4, -0.2) is 43.7 Å². The Morgan fingerprint density at radius 3 is 2.44 bits per heavy atom. The lowest BCUT2D eigenvalue weighted by molar-refractivity contribution is -0.197. The number of alkyl halides is 4. The minimum Gasteiger partial charge on any atom is -0.299 e. The van der Waals surface area contributed by atoms with Crippen LogP contribution in [-0.2, 0) is 19.6 Å². The van der Waals surface area contributed by atoms with Crippen molar-refractivity contribution in [3.05, 3.63) is 35.9 Å². The van der Waals surface area contributed by atoms with Crippen molar-refractivity contribution < 1.29 is 21.9 Å². The highest BCUT2D eigenvalue weighted by atomic mass is 35.5. The molecular weight excluding hydrogens is 399 g/mol. The minimum absolute atomic E-state index is 0.209. The molecule has 1 saturated carbocycles. The molecule has 0 spiro atoms. The second-order valence-electron chi connectivity index (χ2n) is 6.04. The Kier molecular flexibility index (Phi) is 5.04. The summed E-state index contributed by atoms with van der Waals surface area (Å²) in [5, 5.41) is 1.05. The smallest absolute Gasteiger partial charge is 0.299 e. The number of hydrazine groups is 1. The Hall–Kier alpha value is -0.550. The maximum atomic E-state index is 13.2. The summed E-state index contributed by atoms with van der Waals surface area (Å²) >= 11 is 12.8. The molecule has 0 aromatic heterocycles. The standard InChI is InChI=1S/C14H17Cl2F2N3O3S/c1-21-11(24-12(17)18)13(15,16)14(20-21,9-5-3-2-4-6-9)25(22,23)19-10-7-8-10/h2-6,10-12,19-20H,7-8H2,1H3. The van der Waals surface area contributed by atoms with Gasteiger partial charge in [-0.1, -0.05) is 53.5 Å². The molecule has 1 heterocycles. The molecule has 0 bridgehead atoms. The normalized spacial score (nSPS) is 30.1. The van der Waals surface area contributed by atoms with E-state index in [0.717, 1.165) is 5.01 Å². The number of hydrogen-bond acceptors (Lipinski definition) is 5. The first-order valence-corrected chi connectivity index (χ1v) is 9.75. The summed E-state index contributed by atoms with van der Waals surface area (Å²) in [7, 11) is -2.88. The molecule has 2 N–H and O–H groups in total. The zero-order valence-electron chi connectivity index (χ0n) is 13.1. The molecule has 2 unspecified atom stereocenters. The average molecular weight is 416 g/mol. The number of nitrogens with one attached hydrogen (secondary N) is 2. The Morgan fingerprint density at radius 1 is 1.32 bits per heavy atom. The van der Waals surface area contributed by atoms with Gasteiger partial charge >= 0.3 is 6.61 Å². The number of halogens is 4. The molecule has 3 rings (SSSR count). The zero-order chi connectivity index (χ0) is 18.5. The third kappa shape index (κ3) is 3.16. The van der Waals surface area contributed by atoms with Crippen LogP contribution in [0.1, 0.15) is 18.4 Å². The highest BCUT2D eigenvalue weighted by molar-refractivity contribution is 7.90. The molecule has 0 amide bonds. The summed E-state index contributed by atoms with van der Waals surface area (Å²) in [6.07, 6.45) is -0.227. The summed E-state index contributed by atoms with van der Waals surface area (Å²) in [5.74, 6) is 0. The molecule has 2 aliphatic rings. The minimum atomic E-state index is -4.21. The fourth-order valence-corrected chi connectivity index (χ4v) is 6.23. The zero-order valence-corrected chi connectivity index (χ0v) is 15.5. The van der Waals surface area contributed by atoms with Crippen molar-refractivity contribution in [2.45, 2.75) is 40.9 Å². The van der Waals surface area contributed by atoms with Gasteiger partial charge in [0.25, 0.3) is 0 Å².